The van der Waals surface area contributed by atoms with Crippen LogP contribution in [0.25, 0.3) is 5.82 Å². The van der Waals surface area contributed by atoms with Crippen LogP contribution in [-0.2, 0) is 6.42 Å². The van der Waals surface area contributed by atoms with Crippen LogP contribution in [0.2, 0.25) is 0 Å². The highest BCUT2D eigenvalue weighted by Crippen LogP contribution is 2.32. The zero-order valence-electron chi connectivity index (χ0n) is 18.6. The number of nitrogens with two attached hydrogens (primary N) is 1. The molecule has 0 spiro atoms. The van der Waals surface area contributed by atoms with Crippen LogP contribution < -0.4 is 31.5 Å². The Morgan fingerprint density at radius 1 is 1.18 bits per heavy atom. The number of furan rings is 1. The quantitative estimate of drug-likeness (QED) is 0.390. The van der Waals surface area contributed by atoms with Gasteiger partial charge in [-0.3, -0.25) is 4.79 Å². The SMILES string of the molecule is COc1ccc(N2C(N)=c3ccoc3=NC2c2ccc(C(=O)NCCc3c[nH]cn3)cc2)cc1. The number of hydrogen-bond donors (Lipinski definition) is 3. The first-order valence-corrected chi connectivity index (χ1v) is 10.8. The summed E-state index contributed by atoms with van der Waals surface area (Å²) < 4.78 is 10.8. The summed E-state index contributed by atoms with van der Waals surface area (Å²) in [4.78, 5) is 26.4. The first kappa shape index (κ1) is 21.3. The number of rotatable bonds is 7. The number of fused-ring (bicyclic) bond motifs is 1. The van der Waals surface area contributed by atoms with E-state index in [4.69, 9.17) is 19.9 Å². The number of H-pyrrole nitrogens is 1. The minimum absolute atomic E-state index is 0.144. The number of nitrogens with zero attached hydrogens (tertiary/aromatic N) is 3. The molecule has 4 aromatic rings. The molecule has 9 heteroatoms. The van der Waals surface area contributed by atoms with E-state index >= 15 is 0 Å². The summed E-state index contributed by atoms with van der Waals surface area (Å²) in [6.45, 7) is 0.501. The summed E-state index contributed by atoms with van der Waals surface area (Å²) in [6, 6.07) is 16.8. The van der Waals surface area contributed by atoms with Gasteiger partial charge in [-0.05, 0) is 48.0 Å². The van der Waals surface area contributed by atoms with Crippen LogP contribution in [0.3, 0.4) is 0 Å². The molecule has 1 amide bonds. The van der Waals surface area contributed by atoms with Gasteiger partial charge in [0.05, 0.1) is 30.6 Å². The standard InChI is InChI=1S/C25H24N6O3/c1-33-20-8-6-19(7-9-20)31-22(26)21-11-13-34-25(21)30-23(31)16-2-4-17(5-3-16)24(32)28-12-10-18-14-27-15-29-18/h2-9,11,13-15,23H,10,12,26H2,1H3,(H,27,29)(H,28,32). The van der Waals surface area contributed by atoms with Crippen LogP contribution in [0.5, 0.6) is 5.75 Å². The maximum atomic E-state index is 12.6. The Balaban J connectivity index is 1.39. The van der Waals surface area contributed by atoms with Crippen LogP contribution in [-0.4, -0.2) is 29.5 Å². The summed E-state index contributed by atoms with van der Waals surface area (Å²) >= 11 is 0. The Morgan fingerprint density at radius 2 is 1.97 bits per heavy atom. The third-order valence-corrected chi connectivity index (χ3v) is 5.71. The average Bonchev–Trinajstić information content (AvgIpc) is 3.56. The number of aromatic amines is 1. The Kier molecular flexibility index (Phi) is 5.73. The van der Waals surface area contributed by atoms with Crippen LogP contribution >= 0.6 is 0 Å². The van der Waals surface area contributed by atoms with Gasteiger partial charge in [-0.25, -0.2) is 9.98 Å². The smallest absolute Gasteiger partial charge is 0.251 e. The molecule has 1 unspecified atom stereocenters. The summed E-state index contributed by atoms with van der Waals surface area (Å²) in [5.74, 6) is 1.14. The fraction of sp³-hybridized carbons (Fsp3) is 0.160. The van der Waals surface area contributed by atoms with E-state index in [1.165, 1.54) is 0 Å². The lowest BCUT2D eigenvalue weighted by Gasteiger charge is -2.33. The van der Waals surface area contributed by atoms with Crippen molar-refractivity contribution in [2.24, 2.45) is 10.7 Å². The van der Waals surface area contributed by atoms with E-state index < -0.39 is 6.17 Å². The number of hydrogen-bond acceptors (Lipinski definition) is 7. The van der Waals surface area contributed by atoms with Gasteiger partial charge in [-0.15, -0.1) is 0 Å². The second-order valence-corrected chi connectivity index (χ2v) is 7.78. The molecule has 1 aliphatic rings. The molecule has 3 heterocycles. The lowest BCUT2D eigenvalue weighted by molar-refractivity contribution is 0.0954. The predicted molar refractivity (Wildman–Crippen MR) is 126 cm³/mol. The van der Waals surface area contributed by atoms with E-state index in [0.717, 1.165) is 27.9 Å². The summed E-state index contributed by atoms with van der Waals surface area (Å²) in [5.41, 5.74) is 10.2. The number of amides is 1. The molecule has 1 atom stereocenters. The van der Waals surface area contributed by atoms with Crippen LogP contribution in [0, 0.1) is 0 Å². The number of nitrogens with one attached hydrogen (secondary N) is 2. The van der Waals surface area contributed by atoms with Crippen molar-refractivity contribution < 1.29 is 13.9 Å². The van der Waals surface area contributed by atoms with Crippen molar-refractivity contribution in [1.29, 1.82) is 0 Å². The van der Waals surface area contributed by atoms with Gasteiger partial charge in [0.1, 0.15) is 11.6 Å². The molecule has 172 valence electrons. The van der Waals surface area contributed by atoms with E-state index in [1.54, 1.807) is 37.9 Å². The van der Waals surface area contributed by atoms with E-state index in [-0.39, 0.29) is 5.91 Å². The number of anilines is 1. The molecule has 1 aliphatic heterocycles. The van der Waals surface area contributed by atoms with E-state index in [2.05, 4.69) is 15.3 Å². The van der Waals surface area contributed by atoms with Crippen LogP contribution in [0.1, 0.15) is 27.8 Å². The lowest BCUT2D eigenvalue weighted by Crippen LogP contribution is -2.43. The van der Waals surface area contributed by atoms with Gasteiger partial charge >= 0.3 is 0 Å². The van der Waals surface area contributed by atoms with Crippen LogP contribution in [0.4, 0.5) is 5.69 Å². The normalized spacial score (nSPS) is 14.9. The third kappa shape index (κ3) is 4.11. The zero-order chi connectivity index (χ0) is 23.5. The lowest BCUT2D eigenvalue weighted by atomic mass is 10.1. The first-order valence-electron chi connectivity index (χ1n) is 10.8. The van der Waals surface area contributed by atoms with E-state index in [0.29, 0.717) is 29.9 Å². The number of carbonyl (C=O) groups is 1. The minimum Gasteiger partial charge on any atom is -0.497 e. The van der Waals surface area contributed by atoms with Gasteiger partial charge in [0.2, 0.25) is 5.55 Å². The van der Waals surface area contributed by atoms with Gasteiger partial charge < -0.3 is 30.1 Å². The molecule has 4 N–H and O–H groups in total. The molecule has 9 nitrogen and oxygen atoms in total. The van der Waals surface area contributed by atoms with Gasteiger partial charge in [0, 0.05) is 30.4 Å². The summed E-state index contributed by atoms with van der Waals surface area (Å²) in [5, 5.41) is 3.66. The van der Waals surface area contributed by atoms with Crippen molar-refractivity contribution in [3.63, 3.8) is 0 Å². The highest BCUT2D eigenvalue weighted by molar-refractivity contribution is 5.94. The fourth-order valence-electron chi connectivity index (χ4n) is 3.91. The molecule has 5 rings (SSSR count). The molecular formula is C25H24N6O3. The van der Waals surface area contributed by atoms with E-state index in [1.807, 2.05) is 47.5 Å². The van der Waals surface area contributed by atoms with Crippen molar-refractivity contribution in [3.05, 3.63) is 101 Å². The molecule has 34 heavy (non-hydrogen) atoms. The number of benzene rings is 2. The van der Waals surface area contributed by atoms with Crippen molar-refractivity contribution >= 4 is 17.4 Å². The predicted octanol–water partition coefficient (Wildman–Crippen LogP) is 1.85. The largest absolute Gasteiger partial charge is 0.497 e. The Bertz CT molecular complexity index is 1390. The summed E-state index contributed by atoms with van der Waals surface area (Å²) in [7, 11) is 1.63. The maximum Gasteiger partial charge on any atom is 0.251 e. The van der Waals surface area contributed by atoms with Gasteiger partial charge in [0.15, 0.2) is 6.17 Å². The molecule has 0 fully saturated rings. The van der Waals surface area contributed by atoms with E-state index in [9.17, 15) is 4.79 Å². The van der Waals surface area contributed by atoms with Gasteiger partial charge in [-0.2, -0.15) is 0 Å². The van der Waals surface area contributed by atoms with Gasteiger partial charge in [0.25, 0.3) is 5.91 Å². The highest BCUT2D eigenvalue weighted by Gasteiger charge is 2.27. The average molecular weight is 457 g/mol. The highest BCUT2D eigenvalue weighted by atomic mass is 16.5. The fourth-order valence-corrected chi connectivity index (χ4v) is 3.91. The molecular weight excluding hydrogens is 432 g/mol. The maximum absolute atomic E-state index is 12.6. The molecule has 0 saturated carbocycles. The zero-order valence-corrected chi connectivity index (χ0v) is 18.6. The molecule has 2 aromatic heterocycles. The molecule has 0 aliphatic carbocycles. The Hall–Kier alpha value is -4.53. The van der Waals surface area contributed by atoms with Gasteiger partial charge in [-0.1, -0.05) is 12.1 Å². The second-order valence-electron chi connectivity index (χ2n) is 7.78. The monoisotopic (exact) mass is 456 g/mol. The van der Waals surface area contributed by atoms with Crippen molar-refractivity contribution in [1.82, 2.24) is 15.3 Å². The van der Waals surface area contributed by atoms with Crippen molar-refractivity contribution in [2.75, 3.05) is 18.6 Å². The minimum atomic E-state index is -0.455. The number of aromatic nitrogens is 2. The number of carbonyl (C=O) groups excluding carboxylic acids is 1. The number of methoxy groups -OCH3 is 1. The Labute approximate surface area is 195 Å². The number of ether oxygens (including phenoxy) is 1. The molecule has 2 aromatic carbocycles. The van der Waals surface area contributed by atoms with Crippen molar-refractivity contribution in [3.8, 4) is 5.75 Å². The second kappa shape index (κ2) is 9.14. The first-order chi connectivity index (χ1) is 16.6. The number of imidazole rings is 1. The topological polar surface area (TPSA) is 122 Å². The van der Waals surface area contributed by atoms with Crippen molar-refractivity contribution in [2.45, 2.75) is 12.6 Å². The van der Waals surface area contributed by atoms with Crippen LogP contribution in [0.15, 0.2) is 82.8 Å². The molecule has 0 bridgehead atoms. The molecule has 0 radical (unpaired) electrons. The third-order valence-electron chi connectivity index (χ3n) is 5.71. The summed E-state index contributed by atoms with van der Waals surface area (Å²) in [6.07, 6.45) is 5.22. The molecule has 0 saturated heterocycles. The Morgan fingerprint density at radius 3 is 2.68 bits per heavy atom.